The molecule has 10 nitrogen and oxygen atoms in total. The minimum absolute atomic E-state index is 0.0745. The molecule has 3 amide bonds. The number of hydrogen-bond donors (Lipinski definition) is 3. The summed E-state index contributed by atoms with van der Waals surface area (Å²) >= 11 is 0. The first-order valence-corrected chi connectivity index (χ1v) is 6.09. The first kappa shape index (κ1) is 15.1. The quantitative estimate of drug-likeness (QED) is 0.664. The number of carbonyl (C=O) groups is 2. The van der Waals surface area contributed by atoms with Gasteiger partial charge in [-0.3, -0.25) is 19.5 Å². The third kappa shape index (κ3) is 3.06. The molecule has 0 unspecified atom stereocenters. The van der Waals surface area contributed by atoms with Crippen LogP contribution in [0.2, 0.25) is 0 Å². The number of benzene rings is 1. The third-order valence-corrected chi connectivity index (χ3v) is 2.82. The van der Waals surface area contributed by atoms with Crippen molar-refractivity contribution in [2.24, 2.45) is 0 Å². The number of nitrogens with zero attached hydrogens (tertiary/aromatic N) is 3. The standard InChI is InChI=1S/C12H11N5O5/c1-13-12(20)15-10(18)5-16-6-14-9-4-7(17(21)22)2-3-8(9)11(16)19/h2-4,6H,5H2,1H3,(H2-,13,15,18,20,21,22)/p+1. The monoisotopic (exact) mass is 306 g/mol. The van der Waals surface area contributed by atoms with Crippen molar-refractivity contribution >= 4 is 28.5 Å². The molecule has 10 heteroatoms. The number of hydrogen-bond acceptors (Lipinski definition) is 5. The number of rotatable bonds is 3. The number of carbonyl (C=O) groups excluding carboxylic acids is 2. The molecule has 0 fully saturated rings. The Bertz CT molecular complexity index is 828. The zero-order valence-electron chi connectivity index (χ0n) is 11.4. The van der Waals surface area contributed by atoms with Gasteiger partial charge in [-0.2, -0.15) is 0 Å². The molecule has 0 radical (unpaired) electrons. The van der Waals surface area contributed by atoms with Crippen molar-refractivity contribution in [3.8, 4) is 0 Å². The van der Waals surface area contributed by atoms with Crippen LogP contribution in [0.15, 0.2) is 29.3 Å². The molecule has 114 valence electrons. The van der Waals surface area contributed by atoms with Crippen LogP contribution in [-0.2, 0) is 11.3 Å². The molecule has 22 heavy (non-hydrogen) atoms. The van der Waals surface area contributed by atoms with Crippen molar-refractivity contribution in [1.82, 2.24) is 20.2 Å². The summed E-state index contributed by atoms with van der Waals surface area (Å²) in [5.41, 5.74) is -0.395. The summed E-state index contributed by atoms with van der Waals surface area (Å²) in [6, 6.07) is 3.11. The zero-order valence-corrected chi connectivity index (χ0v) is 11.4. The van der Waals surface area contributed by atoms with Crippen LogP contribution in [0, 0.1) is 4.91 Å². The van der Waals surface area contributed by atoms with Gasteiger partial charge in [-0.1, -0.05) is 0 Å². The number of aromatic nitrogens is 2. The van der Waals surface area contributed by atoms with E-state index in [1.807, 2.05) is 5.32 Å². The van der Waals surface area contributed by atoms with Gasteiger partial charge in [-0.05, 0) is 6.07 Å². The van der Waals surface area contributed by atoms with E-state index in [4.69, 9.17) is 5.21 Å². The van der Waals surface area contributed by atoms with E-state index in [1.165, 1.54) is 25.2 Å². The molecule has 2 rings (SSSR count). The minimum Gasteiger partial charge on any atom is -0.341 e. The van der Waals surface area contributed by atoms with Gasteiger partial charge in [0.2, 0.25) is 5.91 Å². The Kier molecular flexibility index (Phi) is 4.11. The van der Waals surface area contributed by atoms with Crippen LogP contribution in [0.25, 0.3) is 10.9 Å². The molecule has 1 aromatic carbocycles. The summed E-state index contributed by atoms with van der Waals surface area (Å²) in [6.45, 7) is -0.384. The lowest BCUT2D eigenvalue weighted by Crippen LogP contribution is -2.40. The lowest BCUT2D eigenvalue weighted by atomic mass is 10.2. The first-order valence-electron chi connectivity index (χ1n) is 6.09. The highest BCUT2D eigenvalue weighted by Gasteiger charge is 2.15. The van der Waals surface area contributed by atoms with Crippen LogP contribution < -0.4 is 16.2 Å². The zero-order chi connectivity index (χ0) is 16.3. The number of imide groups is 1. The average molecular weight is 306 g/mol. The molecule has 2 aromatic rings. The van der Waals surface area contributed by atoms with E-state index in [-0.39, 0.29) is 28.1 Å². The molecule has 0 atom stereocenters. The highest BCUT2D eigenvalue weighted by molar-refractivity contribution is 5.94. The Morgan fingerprint density at radius 3 is 2.77 bits per heavy atom. The van der Waals surface area contributed by atoms with Gasteiger partial charge in [0, 0.05) is 19.2 Å². The van der Waals surface area contributed by atoms with Gasteiger partial charge in [0.25, 0.3) is 10.5 Å². The number of urea groups is 1. The molecule has 1 aromatic heterocycles. The molecular weight excluding hydrogens is 294 g/mol. The van der Waals surface area contributed by atoms with Crippen LogP contribution in [-0.4, -0.2) is 38.7 Å². The Morgan fingerprint density at radius 1 is 1.41 bits per heavy atom. The van der Waals surface area contributed by atoms with Crippen molar-refractivity contribution < 1.29 is 19.7 Å². The summed E-state index contributed by atoms with van der Waals surface area (Å²) in [7, 11) is 1.35. The molecular formula is C12H12N5O5+. The second-order valence-corrected chi connectivity index (χ2v) is 4.28. The fourth-order valence-electron chi connectivity index (χ4n) is 1.76. The van der Waals surface area contributed by atoms with E-state index in [2.05, 4.69) is 10.3 Å². The van der Waals surface area contributed by atoms with Crippen molar-refractivity contribution in [2.75, 3.05) is 7.05 Å². The molecule has 0 saturated heterocycles. The van der Waals surface area contributed by atoms with Crippen molar-refractivity contribution in [2.45, 2.75) is 6.54 Å². The van der Waals surface area contributed by atoms with E-state index in [9.17, 15) is 19.3 Å². The Hall–Kier alpha value is -3.30. The van der Waals surface area contributed by atoms with E-state index in [1.54, 1.807) is 0 Å². The van der Waals surface area contributed by atoms with E-state index in [0.29, 0.717) is 0 Å². The fraction of sp³-hybridized carbons (Fsp3) is 0.167. The predicted octanol–water partition coefficient (Wildman–Crippen LogP) is -0.348. The maximum absolute atomic E-state index is 12.2. The first-order chi connectivity index (χ1) is 10.4. The highest BCUT2D eigenvalue weighted by Crippen LogP contribution is 2.15. The predicted molar refractivity (Wildman–Crippen MR) is 73.7 cm³/mol. The lowest BCUT2D eigenvalue weighted by molar-refractivity contribution is -0.729. The summed E-state index contributed by atoms with van der Waals surface area (Å²) in [4.78, 5) is 49.2. The molecule has 1 heterocycles. The van der Waals surface area contributed by atoms with Crippen molar-refractivity contribution in [1.29, 1.82) is 0 Å². The highest BCUT2D eigenvalue weighted by atomic mass is 16.6. The normalized spacial score (nSPS) is 10.2. The van der Waals surface area contributed by atoms with E-state index >= 15 is 0 Å². The number of nitrogens with one attached hydrogen (secondary N) is 2. The summed E-state index contributed by atoms with van der Waals surface area (Å²) < 4.78 is 1.02. The van der Waals surface area contributed by atoms with Crippen LogP contribution in [0.1, 0.15) is 0 Å². The molecule has 0 aliphatic carbocycles. The van der Waals surface area contributed by atoms with Crippen LogP contribution in [0.3, 0.4) is 0 Å². The van der Waals surface area contributed by atoms with Crippen molar-refractivity contribution in [3.63, 3.8) is 0 Å². The maximum Gasteiger partial charge on any atom is 0.321 e. The smallest absolute Gasteiger partial charge is 0.321 e. The third-order valence-electron chi connectivity index (χ3n) is 2.82. The van der Waals surface area contributed by atoms with Crippen molar-refractivity contribution in [3.05, 3.63) is 39.8 Å². The van der Waals surface area contributed by atoms with Gasteiger partial charge < -0.3 is 5.32 Å². The maximum atomic E-state index is 12.2. The lowest BCUT2D eigenvalue weighted by Gasteiger charge is -2.06. The SMILES string of the molecule is CNC(=O)NC(=O)Cn1cnc2cc([N+](=O)O)ccc2c1=O. The van der Waals surface area contributed by atoms with E-state index in [0.717, 1.165) is 10.9 Å². The second kappa shape index (κ2) is 5.99. The van der Waals surface area contributed by atoms with E-state index < -0.39 is 17.5 Å². The second-order valence-electron chi connectivity index (χ2n) is 4.28. The molecule has 3 N–H and O–H groups in total. The van der Waals surface area contributed by atoms with Gasteiger partial charge in [0.15, 0.2) is 0 Å². The van der Waals surface area contributed by atoms with Gasteiger partial charge >= 0.3 is 11.7 Å². The molecule has 0 saturated carbocycles. The molecule has 0 aliphatic rings. The van der Waals surface area contributed by atoms with Crippen LogP contribution in [0.5, 0.6) is 0 Å². The summed E-state index contributed by atoms with van der Waals surface area (Å²) in [5, 5.41) is 13.2. The molecule has 0 bridgehead atoms. The Morgan fingerprint density at radius 2 is 2.14 bits per heavy atom. The summed E-state index contributed by atoms with van der Waals surface area (Å²) in [5.74, 6) is -0.680. The van der Waals surface area contributed by atoms with Gasteiger partial charge in [0.05, 0.1) is 22.1 Å². The average Bonchev–Trinajstić information content (AvgIpc) is 2.49. The van der Waals surface area contributed by atoms with Gasteiger partial charge in [-0.15, -0.1) is 0 Å². The molecule has 0 aliphatic heterocycles. The number of amides is 3. The van der Waals surface area contributed by atoms with Gasteiger partial charge in [-0.25, -0.2) is 15.0 Å². The Labute approximate surface area is 122 Å². The number of fused-ring (bicyclic) bond motifs is 1. The van der Waals surface area contributed by atoms with Gasteiger partial charge in [0.1, 0.15) is 6.54 Å². The largest absolute Gasteiger partial charge is 0.341 e. The Balaban J connectivity index is 2.33. The fourth-order valence-corrected chi connectivity index (χ4v) is 1.76. The van der Waals surface area contributed by atoms with Crippen LogP contribution >= 0.6 is 0 Å². The topological polar surface area (TPSA) is 133 Å². The minimum atomic E-state index is -0.685. The summed E-state index contributed by atoms with van der Waals surface area (Å²) in [6.07, 6.45) is 1.12. The van der Waals surface area contributed by atoms with Crippen LogP contribution in [0.4, 0.5) is 10.5 Å². The molecule has 0 spiro atoms.